The molecule has 68 valence electrons. The van der Waals surface area contributed by atoms with Gasteiger partial charge in [-0.25, -0.2) is 0 Å². The van der Waals surface area contributed by atoms with Gasteiger partial charge in [0, 0.05) is 26.2 Å². The van der Waals surface area contributed by atoms with E-state index in [1.54, 1.807) is 0 Å². The van der Waals surface area contributed by atoms with Crippen molar-refractivity contribution in [3.8, 4) is 0 Å². The molecule has 1 aliphatic carbocycles. The molecule has 0 bridgehead atoms. The Morgan fingerprint density at radius 1 is 1.33 bits per heavy atom. The van der Waals surface area contributed by atoms with Crippen LogP contribution in [0.2, 0.25) is 0 Å². The maximum atomic E-state index is 11.3. The highest BCUT2D eigenvalue weighted by Crippen LogP contribution is 2.25. The molecular weight excluding hydrogens is 152 g/mol. The molecule has 1 aliphatic heterocycles. The van der Waals surface area contributed by atoms with E-state index >= 15 is 0 Å². The van der Waals surface area contributed by atoms with E-state index in [2.05, 4.69) is 4.90 Å². The van der Waals surface area contributed by atoms with Gasteiger partial charge in [0.05, 0.1) is 6.54 Å². The third kappa shape index (κ3) is 1.33. The van der Waals surface area contributed by atoms with Crippen molar-refractivity contribution in [1.29, 1.82) is 0 Å². The van der Waals surface area contributed by atoms with E-state index in [0.717, 1.165) is 19.1 Å². The van der Waals surface area contributed by atoms with Gasteiger partial charge in [-0.15, -0.1) is 0 Å². The third-order valence-corrected chi connectivity index (χ3v) is 3.08. The first-order valence-electron chi connectivity index (χ1n) is 4.75. The van der Waals surface area contributed by atoms with E-state index in [9.17, 15) is 4.79 Å². The summed E-state index contributed by atoms with van der Waals surface area (Å²) in [5, 5.41) is 0. The molecular formula is C9H16N2O. The van der Waals surface area contributed by atoms with Crippen LogP contribution in [-0.2, 0) is 4.79 Å². The Hall–Kier alpha value is -0.570. The Morgan fingerprint density at radius 3 is 2.58 bits per heavy atom. The van der Waals surface area contributed by atoms with Crippen LogP contribution in [0.4, 0.5) is 0 Å². The van der Waals surface area contributed by atoms with Crippen molar-refractivity contribution in [1.82, 2.24) is 9.80 Å². The average molecular weight is 168 g/mol. The molecule has 0 spiro atoms. The Morgan fingerprint density at radius 2 is 2.08 bits per heavy atom. The summed E-state index contributed by atoms with van der Waals surface area (Å²) in [5.41, 5.74) is 0. The summed E-state index contributed by atoms with van der Waals surface area (Å²) >= 11 is 0. The molecule has 2 aliphatic rings. The molecule has 0 radical (unpaired) electrons. The van der Waals surface area contributed by atoms with Crippen LogP contribution in [-0.4, -0.2) is 48.4 Å². The van der Waals surface area contributed by atoms with Gasteiger partial charge in [-0.2, -0.15) is 0 Å². The number of hydrogen-bond donors (Lipinski definition) is 0. The lowest BCUT2D eigenvalue weighted by Gasteiger charge is -2.41. The quantitative estimate of drug-likeness (QED) is 0.562. The summed E-state index contributed by atoms with van der Waals surface area (Å²) in [7, 11) is 1.89. The predicted octanol–water partition coefficient (Wildman–Crippen LogP) is 0.313. The van der Waals surface area contributed by atoms with Crippen molar-refractivity contribution in [2.45, 2.75) is 25.3 Å². The van der Waals surface area contributed by atoms with Crippen molar-refractivity contribution in [3.05, 3.63) is 0 Å². The van der Waals surface area contributed by atoms with E-state index in [4.69, 9.17) is 0 Å². The van der Waals surface area contributed by atoms with Gasteiger partial charge in [-0.05, 0) is 12.8 Å². The van der Waals surface area contributed by atoms with Crippen LogP contribution in [0.25, 0.3) is 0 Å². The number of carbonyl (C=O) groups is 1. The van der Waals surface area contributed by atoms with Crippen molar-refractivity contribution in [3.63, 3.8) is 0 Å². The van der Waals surface area contributed by atoms with Crippen LogP contribution in [0, 0.1) is 0 Å². The number of carbonyl (C=O) groups excluding carboxylic acids is 1. The summed E-state index contributed by atoms with van der Waals surface area (Å²) in [6.45, 7) is 2.64. The zero-order valence-corrected chi connectivity index (χ0v) is 7.62. The molecule has 0 atom stereocenters. The van der Waals surface area contributed by atoms with Crippen LogP contribution in [0.5, 0.6) is 0 Å². The number of nitrogens with zero attached hydrogens (tertiary/aromatic N) is 2. The topological polar surface area (TPSA) is 23.6 Å². The van der Waals surface area contributed by atoms with Crippen molar-refractivity contribution in [2.75, 3.05) is 26.7 Å². The molecule has 0 aromatic carbocycles. The van der Waals surface area contributed by atoms with Gasteiger partial charge in [0.2, 0.25) is 5.91 Å². The number of hydrogen-bond acceptors (Lipinski definition) is 2. The van der Waals surface area contributed by atoms with E-state index in [0.29, 0.717) is 6.54 Å². The molecule has 12 heavy (non-hydrogen) atoms. The van der Waals surface area contributed by atoms with Crippen LogP contribution in [0.3, 0.4) is 0 Å². The van der Waals surface area contributed by atoms with E-state index in [1.807, 2.05) is 11.9 Å². The summed E-state index contributed by atoms with van der Waals surface area (Å²) in [4.78, 5) is 15.5. The molecule has 0 N–H and O–H groups in total. The molecule has 3 nitrogen and oxygen atoms in total. The summed E-state index contributed by atoms with van der Waals surface area (Å²) < 4.78 is 0. The molecule has 1 heterocycles. The van der Waals surface area contributed by atoms with Gasteiger partial charge in [-0.1, -0.05) is 6.42 Å². The molecule has 0 unspecified atom stereocenters. The fraction of sp³-hybridized carbons (Fsp3) is 0.889. The maximum Gasteiger partial charge on any atom is 0.236 e. The van der Waals surface area contributed by atoms with Gasteiger partial charge in [0.1, 0.15) is 0 Å². The van der Waals surface area contributed by atoms with Gasteiger partial charge in [0.15, 0.2) is 0 Å². The van der Waals surface area contributed by atoms with Crippen LogP contribution in [0.1, 0.15) is 19.3 Å². The van der Waals surface area contributed by atoms with Gasteiger partial charge >= 0.3 is 0 Å². The number of amides is 1. The molecule has 2 fully saturated rings. The Kier molecular flexibility index (Phi) is 2.05. The first kappa shape index (κ1) is 8.05. The number of piperazine rings is 1. The van der Waals surface area contributed by atoms with Crippen molar-refractivity contribution < 1.29 is 4.79 Å². The summed E-state index contributed by atoms with van der Waals surface area (Å²) in [5.74, 6) is 0.285. The highest BCUT2D eigenvalue weighted by Gasteiger charge is 2.30. The summed E-state index contributed by atoms with van der Waals surface area (Å²) in [6, 6.07) is 0.725. The highest BCUT2D eigenvalue weighted by atomic mass is 16.2. The predicted molar refractivity (Wildman–Crippen MR) is 46.8 cm³/mol. The standard InChI is InChI=1S/C9H16N2O/c1-10-5-6-11(7-9(10)12)8-3-2-4-8/h8H,2-7H2,1H3. The van der Waals surface area contributed by atoms with Crippen LogP contribution < -0.4 is 0 Å². The van der Waals surface area contributed by atoms with Crippen LogP contribution >= 0.6 is 0 Å². The zero-order valence-electron chi connectivity index (χ0n) is 7.62. The van der Waals surface area contributed by atoms with Crippen molar-refractivity contribution >= 4 is 5.91 Å². The zero-order chi connectivity index (χ0) is 8.55. The second-order valence-electron chi connectivity index (χ2n) is 3.87. The molecule has 1 saturated carbocycles. The van der Waals surface area contributed by atoms with E-state index in [-0.39, 0.29) is 5.91 Å². The molecule has 0 aromatic rings. The van der Waals surface area contributed by atoms with E-state index < -0.39 is 0 Å². The summed E-state index contributed by atoms with van der Waals surface area (Å²) in [6.07, 6.45) is 3.96. The smallest absolute Gasteiger partial charge is 0.236 e. The Balaban J connectivity index is 1.89. The minimum absolute atomic E-state index is 0.285. The molecule has 1 saturated heterocycles. The normalized spacial score (nSPS) is 27.4. The maximum absolute atomic E-state index is 11.3. The first-order valence-corrected chi connectivity index (χ1v) is 4.75. The third-order valence-electron chi connectivity index (χ3n) is 3.08. The first-order chi connectivity index (χ1) is 5.77. The Labute approximate surface area is 73.3 Å². The van der Waals surface area contributed by atoms with Gasteiger partial charge in [-0.3, -0.25) is 9.69 Å². The lowest BCUT2D eigenvalue weighted by Crippen LogP contribution is -2.53. The van der Waals surface area contributed by atoms with Crippen LogP contribution in [0.15, 0.2) is 0 Å². The molecule has 0 aromatic heterocycles. The minimum Gasteiger partial charge on any atom is -0.343 e. The molecule has 1 amide bonds. The monoisotopic (exact) mass is 168 g/mol. The fourth-order valence-corrected chi connectivity index (χ4v) is 1.84. The highest BCUT2D eigenvalue weighted by molar-refractivity contribution is 5.78. The van der Waals surface area contributed by atoms with Gasteiger partial charge in [0.25, 0.3) is 0 Å². The SMILES string of the molecule is CN1CCN(C2CCC2)CC1=O. The largest absolute Gasteiger partial charge is 0.343 e. The second-order valence-corrected chi connectivity index (χ2v) is 3.87. The van der Waals surface area contributed by atoms with Gasteiger partial charge < -0.3 is 4.90 Å². The second kappa shape index (κ2) is 3.05. The van der Waals surface area contributed by atoms with E-state index in [1.165, 1.54) is 19.3 Å². The molecule has 2 rings (SSSR count). The fourth-order valence-electron chi connectivity index (χ4n) is 1.84. The Bertz CT molecular complexity index is 189. The molecule has 3 heteroatoms. The van der Waals surface area contributed by atoms with Crippen molar-refractivity contribution in [2.24, 2.45) is 0 Å². The average Bonchev–Trinajstić information content (AvgIpc) is 1.93. The number of likely N-dealkylation sites (N-methyl/N-ethyl adjacent to an activating group) is 1. The lowest BCUT2D eigenvalue weighted by atomic mass is 9.91. The minimum atomic E-state index is 0.285. The number of rotatable bonds is 1. The lowest BCUT2D eigenvalue weighted by molar-refractivity contribution is -0.136.